The standard InChI is InChI=1S/C14H22N4/c1-9-5-4-6-18(8-9)14-12(13(15)16)10(2)7-11(3)17-14/h7,9H,4-6,8H2,1-3H3,(H3,15,16). The normalized spacial score (nSPS) is 19.9. The number of nitrogens with one attached hydrogen (secondary N) is 1. The van der Waals surface area contributed by atoms with Crippen molar-refractivity contribution >= 4 is 11.7 Å². The first-order valence-corrected chi connectivity index (χ1v) is 6.56. The van der Waals surface area contributed by atoms with Gasteiger partial charge < -0.3 is 10.6 Å². The molecule has 18 heavy (non-hydrogen) atoms. The summed E-state index contributed by atoms with van der Waals surface area (Å²) >= 11 is 0. The molecular weight excluding hydrogens is 224 g/mol. The maximum absolute atomic E-state index is 7.77. The van der Waals surface area contributed by atoms with Crippen LogP contribution in [0.4, 0.5) is 5.82 Å². The van der Waals surface area contributed by atoms with Crippen LogP contribution in [-0.4, -0.2) is 23.9 Å². The van der Waals surface area contributed by atoms with E-state index < -0.39 is 0 Å². The smallest absolute Gasteiger partial charge is 0.140 e. The van der Waals surface area contributed by atoms with Gasteiger partial charge >= 0.3 is 0 Å². The lowest BCUT2D eigenvalue weighted by Gasteiger charge is -2.33. The fourth-order valence-corrected chi connectivity index (χ4v) is 2.76. The number of amidine groups is 1. The Morgan fingerprint density at radius 3 is 2.83 bits per heavy atom. The molecule has 0 saturated carbocycles. The molecule has 1 unspecified atom stereocenters. The number of rotatable bonds is 2. The van der Waals surface area contributed by atoms with Crippen LogP contribution in [0, 0.1) is 25.2 Å². The van der Waals surface area contributed by atoms with E-state index in [2.05, 4.69) is 16.8 Å². The molecule has 0 spiro atoms. The van der Waals surface area contributed by atoms with Crippen LogP contribution in [0.5, 0.6) is 0 Å². The molecule has 1 saturated heterocycles. The van der Waals surface area contributed by atoms with Crippen LogP contribution in [-0.2, 0) is 0 Å². The maximum Gasteiger partial charge on any atom is 0.140 e. The zero-order valence-corrected chi connectivity index (χ0v) is 11.5. The van der Waals surface area contributed by atoms with Crippen LogP contribution in [0.2, 0.25) is 0 Å². The Hall–Kier alpha value is -1.58. The third kappa shape index (κ3) is 2.47. The molecule has 4 nitrogen and oxygen atoms in total. The van der Waals surface area contributed by atoms with Gasteiger partial charge in [-0.1, -0.05) is 6.92 Å². The first-order chi connectivity index (χ1) is 8.49. The van der Waals surface area contributed by atoms with E-state index in [4.69, 9.17) is 11.1 Å². The Morgan fingerprint density at radius 2 is 2.22 bits per heavy atom. The van der Waals surface area contributed by atoms with Crippen molar-refractivity contribution in [1.29, 1.82) is 5.41 Å². The first-order valence-electron chi connectivity index (χ1n) is 6.56. The van der Waals surface area contributed by atoms with Gasteiger partial charge in [-0.3, -0.25) is 5.41 Å². The molecule has 3 N–H and O–H groups in total. The number of pyridine rings is 1. The van der Waals surface area contributed by atoms with Crippen LogP contribution < -0.4 is 10.6 Å². The van der Waals surface area contributed by atoms with Crippen molar-refractivity contribution in [3.63, 3.8) is 0 Å². The van der Waals surface area contributed by atoms with Gasteiger partial charge in [-0.25, -0.2) is 4.98 Å². The Kier molecular flexibility index (Phi) is 3.55. The number of anilines is 1. The lowest BCUT2D eigenvalue weighted by Crippen LogP contribution is -2.36. The van der Waals surface area contributed by atoms with Crippen LogP contribution >= 0.6 is 0 Å². The van der Waals surface area contributed by atoms with E-state index >= 15 is 0 Å². The number of nitrogens with two attached hydrogens (primary N) is 1. The Labute approximate surface area is 109 Å². The fourth-order valence-electron chi connectivity index (χ4n) is 2.76. The lowest BCUT2D eigenvalue weighted by molar-refractivity contribution is 0.444. The molecule has 2 rings (SSSR count). The van der Waals surface area contributed by atoms with Gasteiger partial charge in [0.15, 0.2) is 0 Å². The number of piperidine rings is 1. The molecule has 1 fully saturated rings. The monoisotopic (exact) mass is 246 g/mol. The summed E-state index contributed by atoms with van der Waals surface area (Å²) < 4.78 is 0. The van der Waals surface area contributed by atoms with Gasteiger partial charge in [-0.2, -0.15) is 0 Å². The first kappa shape index (κ1) is 12.9. The molecule has 1 aliphatic heterocycles. The summed E-state index contributed by atoms with van der Waals surface area (Å²) in [6.07, 6.45) is 2.46. The van der Waals surface area contributed by atoms with Crippen LogP contribution in [0.25, 0.3) is 0 Å². The van der Waals surface area contributed by atoms with Gasteiger partial charge in [-0.15, -0.1) is 0 Å². The average Bonchev–Trinajstić information content (AvgIpc) is 2.27. The minimum absolute atomic E-state index is 0.119. The van der Waals surface area contributed by atoms with Crippen LogP contribution in [0.15, 0.2) is 6.07 Å². The van der Waals surface area contributed by atoms with E-state index in [1.807, 2.05) is 19.9 Å². The highest BCUT2D eigenvalue weighted by Gasteiger charge is 2.22. The molecule has 1 aromatic heterocycles. The molecule has 1 atom stereocenters. The Balaban J connectivity index is 2.44. The van der Waals surface area contributed by atoms with Crippen molar-refractivity contribution < 1.29 is 0 Å². The summed E-state index contributed by atoms with van der Waals surface area (Å²) in [6, 6.07) is 1.99. The number of nitrogens with zero attached hydrogens (tertiary/aromatic N) is 2. The van der Waals surface area contributed by atoms with Crippen molar-refractivity contribution in [3.05, 3.63) is 22.9 Å². The van der Waals surface area contributed by atoms with Gasteiger partial charge in [0.2, 0.25) is 0 Å². The molecule has 98 valence electrons. The number of aryl methyl sites for hydroxylation is 2. The summed E-state index contributed by atoms with van der Waals surface area (Å²) in [6.45, 7) is 8.29. The SMILES string of the molecule is Cc1cc(C)c(C(=N)N)c(N2CCCC(C)C2)n1. The second-order valence-electron chi connectivity index (χ2n) is 5.39. The predicted octanol–water partition coefficient (Wildman–Crippen LogP) is 2.22. The number of nitrogen functional groups attached to an aromatic ring is 1. The minimum Gasteiger partial charge on any atom is -0.384 e. The van der Waals surface area contributed by atoms with Gasteiger partial charge in [0.1, 0.15) is 11.7 Å². The number of hydrogen-bond donors (Lipinski definition) is 2. The molecule has 0 bridgehead atoms. The van der Waals surface area contributed by atoms with Gasteiger partial charge in [0.25, 0.3) is 0 Å². The molecular formula is C14H22N4. The third-order valence-electron chi connectivity index (χ3n) is 3.55. The highest BCUT2D eigenvalue weighted by atomic mass is 15.2. The predicted molar refractivity (Wildman–Crippen MR) is 75.3 cm³/mol. The topological polar surface area (TPSA) is 66.0 Å². The van der Waals surface area contributed by atoms with E-state index in [1.54, 1.807) is 0 Å². The number of aromatic nitrogens is 1. The molecule has 0 radical (unpaired) electrons. The van der Waals surface area contributed by atoms with Crippen molar-refractivity contribution in [2.24, 2.45) is 11.7 Å². The lowest BCUT2D eigenvalue weighted by atomic mass is 9.99. The Morgan fingerprint density at radius 1 is 1.50 bits per heavy atom. The minimum atomic E-state index is 0.119. The van der Waals surface area contributed by atoms with E-state index in [-0.39, 0.29) is 5.84 Å². The largest absolute Gasteiger partial charge is 0.384 e. The maximum atomic E-state index is 7.77. The van der Waals surface area contributed by atoms with E-state index in [0.717, 1.165) is 35.7 Å². The molecule has 0 aliphatic carbocycles. The van der Waals surface area contributed by atoms with Crippen LogP contribution in [0.3, 0.4) is 0 Å². The summed E-state index contributed by atoms with van der Waals surface area (Å²) in [5, 5.41) is 7.77. The quantitative estimate of drug-likeness (QED) is 0.621. The van der Waals surface area contributed by atoms with E-state index in [9.17, 15) is 0 Å². The van der Waals surface area contributed by atoms with Crippen molar-refractivity contribution in [2.45, 2.75) is 33.6 Å². The zero-order valence-electron chi connectivity index (χ0n) is 11.5. The van der Waals surface area contributed by atoms with Crippen molar-refractivity contribution in [3.8, 4) is 0 Å². The highest BCUT2D eigenvalue weighted by Crippen LogP contribution is 2.26. The molecule has 0 aromatic carbocycles. The molecule has 2 heterocycles. The van der Waals surface area contributed by atoms with Gasteiger partial charge in [0, 0.05) is 18.8 Å². The Bertz CT molecular complexity index is 467. The van der Waals surface area contributed by atoms with E-state index in [1.165, 1.54) is 12.8 Å². The summed E-state index contributed by atoms with van der Waals surface area (Å²) in [7, 11) is 0. The van der Waals surface area contributed by atoms with Crippen LogP contribution in [0.1, 0.15) is 36.6 Å². The summed E-state index contributed by atoms with van der Waals surface area (Å²) in [4.78, 5) is 6.90. The fraction of sp³-hybridized carbons (Fsp3) is 0.571. The molecule has 1 aliphatic rings. The van der Waals surface area contributed by atoms with Crippen molar-refractivity contribution in [2.75, 3.05) is 18.0 Å². The van der Waals surface area contributed by atoms with E-state index in [0.29, 0.717) is 5.92 Å². The summed E-state index contributed by atoms with van der Waals surface area (Å²) in [5.41, 5.74) is 8.56. The average molecular weight is 246 g/mol. The van der Waals surface area contributed by atoms with Gasteiger partial charge in [0.05, 0.1) is 5.56 Å². The summed E-state index contributed by atoms with van der Waals surface area (Å²) in [5.74, 6) is 1.70. The molecule has 0 amide bonds. The van der Waals surface area contributed by atoms with Gasteiger partial charge in [-0.05, 0) is 44.2 Å². The molecule has 4 heteroatoms. The highest BCUT2D eigenvalue weighted by molar-refractivity contribution is 6.01. The second-order valence-corrected chi connectivity index (χ2v) is 5.39. The number of hydrogen-bond acceptors (Lipinski definition) is 3. The third-order valence-corrected chi connectivity index (χ3v) is 3.55. The zero-order chi connectivity index (χ0) is 13.3. The second kappa shape index (κ2) is 4.96. The molecule has 1 aromatic rings. The van der Waals surface area contributed by atoms with Crippen molar-refractivity contribution in [1.82, 2.24) is 4.98 Å².